The Kier molecular flexibility index (Phi) is 3.76. The van der Waals surface area contributed by atoms with Crippen LogP contribution in [0.25, 0.3) is 10.9 Å². The van der Waals surface area contributed by atoms with Gasteiger partial charge >= 0.3 is 5.97 Å². The van der Waals surface area contributed by atoms with E-state index in [1.807, 2.05) is 6.07 Å². The van der Waals surface area contributed by atoms with E-state index in [-0.39, 0.29) is 12.0 Å². The highest BCUT2D eigenvalue weighted by atomic mass is 16.5. The number of aryl methyl sites for hydroxylation is 1. The molecule has 0 aliphatic rings. The van der Waals surface area contributed by atoms with E-state index in [1.165, 1.54) is 4.57 Å². The van der Waals surface area contributed by atoms with E-state index >= 15 is 0 Å². The summed E-state index contributed by atoms with van der Waals surface area (Å²) in [5.74, 6) is -0.468. The molecule has 0 fully saturated rings. The molecule has 3 N–H and O–H groups in total. The second-order valence-electron chi connectivity index (χ2n) is 4.61. The Morgan fingerprint density at radius 2 is 2.15 bits per heavy atom. The standard InChI is InChI=1S/C14H16N2O4/c1-16-12-7-10(20-2)4-3-8(12)5-9(13(16)17)6-11(15)14(18)19/h3-5,7,11H,6,15H2,1-2H3,(H,18,19). The number of nitrogens with zero attached hydrogens (tertiary/aromatic N) is 1. The summed E-state index contributed by atoms with van der Waals surface area (Å²) in [4.78, 5) is 23.0. The Bertz CT molecular complexity index is 721. The van der Waals surface area contributed by atoms with Gasteiger partial charge in [0.2, 0.25) is 0 Å². The maximum atomic E-state index is 12.2. The summed E-state index contributed by atoms with van der Waals surface area (Å²) in [6.07, 6.45) is 0.00394. The number of carboxylic acids is 1. The van der Waals surface area contributed by atoms with Gasteiger partial charge in [-0.25, -0.2) is 0 Å². The van der Waals surface area contributed by atoms with Crippen LogP contribution in [0.2, 0.25) is 0 Å². The molecule has 1 heterocycles. The molecule has 0 spiro atoms. The summed E-state index contributed by atoms with van der Waals surface area (Å²) in [6, 6.07) is 5.97. The summed E-state index contributed by atoms with van der Waals surface area (Å²) >= 11 is 0. The summed E-state index contributed by atoms with van der Waals surface area (Å²) in [5.41, 5.74) is 6.35. The van der Waals surface area contributed by atoms with Crippen LogP contribution in [0.1, 0.15) is 5.56 Å². The normalized spacial score (nSPS) is 12.3. The number of fused-ring (bicyclic) bond motifs is 1. The van der Waals surface area contributed by atoms with Crippen molar-refractivity contribution in [3.8, 4) is 5.75 Å². The molecule has 2 aromatic rings. The van der Waals surface area contributed by atoms with Crippen molar-refractivity contribution in [2.24, 2.45) is 12.8 Å². The number of benzene rings is 1. The molecule has 6 nitrogen and oxygen atoms in total. The first kappa shape index (κ1) is 14.1. The van der Waals surface area contributed by atoms with Crippen molar-refractivity contribution in [3.63, 3.8) is 0 Å². The molecule has 0 bridgehead atoms. The molecule has 1 atom stereocenters. The molecule has 0 aliphatic heterocycles. The van der Waals surface area contributed by atoms with Gasteiger partial charge in [-0.1, -0.05) is 0 Å². The molecule has 0 aliphatic carbocycles. The van der Waals surface area contributed by atoms with Gasteiger partial charge in [0.1, 0.15) is 11.8 Å². The molecule has 0 radical (unpaired) electrons. The molecule has 2 rings (SSSR count). The fraction of sp³-hybridized carbons (Fsp3) is 0.286. The van der Waals surface area contributed by atoms with E-state index in [9.17, 15) is 9.59 Å². The van der Waals surface area contributed by atoms with Crippen LogP contribution >= 0.6 is 0 Å². The number of aliphatic carboxylic acids is 1. The lowest BCUT2D eigenvalue weighted by Crippen LogP contribution is -2.35. The minimum Gasteiger partial charge on any atom is -0.497 e. The van der Waals surface area contributed by atoms with E-state index in [4.69, 9.17) is 15.6 Å². The predicted molar refractivity (Wildman–Crippen MR) is 75.1 cm³/mol. The Hall–Kier alpha value is -2.34. The number of ether oxygens (including phenoxy) is 1. The molecular formula is C14H16N2O4. The molecule has 6 heteroatoms. The van der Waals surface area contributed by atoms with Gasteiger partial charge in [-0.2, -0.15) is 0 Å². The molecule has 0 saturated heterocycles. The van der Waals surface area contributed by atoms with Gasteiger partial charge < -0.3 is 20.1 Å². The SMILES string of the molecule is COc1ccc2cc(CC(N)C(=O)O)c(=O)n(C)c2c1. The van der Waals surface area contributed by atoms with Gasteiger partial charge in [-0.05, 0) is 23.6 Å². The number of carbonyl (C=O) groups is 1. The van der Waals surface area contributed by atoms with E-state index in [0.29, 0.717) is 11.3 Å². The van der Waals surface area contributed by atoms with Crippen molar-refractivity contribution in [1.82, 2.24) is 4.57 Å². The summed E-state index contributed by atoms with van der Waals surface area (Å²) < 4.78 is 6.60. The Labute approximate surface area is 115 Å². The van der Waals surface area contributed by atoms with E-state index < -0.39 is 12.0 Å². The number of carboxylic acid groups (broad SMARTS) is 1. The number of nitrogens with two attached hydrogens (primary N) is 1. The van der Waals surface area contributed by atoms with Crippen LogP contribution in [-0.2, 0) is 18.3 Å². The van der Waals surface area contributed by atoms with Crippen LogP contribution in [-0.4, -0.2) is 28.8 Å². The zero-order chi connectivity index (χ0) is 14.9. The molecule has 1 aromatic heterocycles. The number of aromatic nitrogens is 1. The maximum absolute atomic E-state index is 12.2. The van der Waals surface area contributed by atoms with Crippen LogP contribution in [0.4, 0.5) is 0 Å². The van der Waals surface area contributed by atoms with Crippen molar-refractivity contribution >= 4 is 16.9 Å². The molecule has 20 heavy (non-hydrogen) atoms. The van der Waals surface area contributed by atoms with Gasteiger partial charge in [-0.15, -0.1) is 0 Å². The smallest absolute Gasteiger partial charge is 0.320 e. The van der Waals surface area contributed by atoms with Crippen LogP contribution < -0.4 is 16.0 Å². The third kappa shape index (κ3) is 2.50. The van der Waals surface area contributed by atoms with Crippen molar-refractivity contribution in [2.45, 2.75) is 12.5 Å². The fourth-order valence-electron chi connectivity index (χ4n) is 2.11. The number of hydrogen-bond acceptors (Lipinski definition) is 4. The minimum atomic E-state index is -1.12. The molecule has 1 unspecified atom stereocenters. The van der Waals surface area contributed by atoms with Gasteiger partial charge in [0.05, 0.1) is 12.6 Å². The van der Waals surface area contributed by atoms with Crippen LogP contribution in [0.15, 0.2) is 29.1 Å². The quantitative estimate of drug-likeness (QED) is 0.848. The number of hydrogen-bond donors (Lipinski definition) is 2. The molecule has 0 saturated carbocycles. The van der Waals surface area contributed by atoms with Gasteiger partial charge in [-0.3, -0.25) is 9.59 Å². The second kappa shape index (κ2) is 5.34. The number of pyridine rings is 1. The first-order valence-electron chi connectivity index (χ1n) is 6.09. The number of rotatable bonds is 4. The summed E-state index contributed by atoms with van der Waals surface area (Å²) in [7, 11) is 3.19. The Balaban J connectivity index is 2.57. The molecular weight excluding hydrogens is 260 g/mol. The summed E-state index contributed by atoms with van der Waals surface area (Å²) in [6.45, 7) is 0. The highest BCUT2D eigenvalue weighted by molar-refractivity contribution is 5.81. The third-order valence-electron chi connectivity index (χ3n) is 3.27. The fourth-order valence-corrected chi connectivity index (χ4v) is 2.11. The lowest BCUT2D eigenvalue weighted by molar-refractivity contribution is -0.138. The molecule has 106 valence electrons. The zero-order valence-corrected chi connectivity index (χ0v) is 11.3. The van der Waals surface area contributed by atoms with Gasteiger partial charge in [0.25, 0.3) is 5.56 Å². The van der Waals surface area contributed by atoms with Crippen molar-refractivity contribution in [2.75, 3.05) is 7.11 Å². The van der Waals surface area contributed by atoms with Crippen LogP contribution in [0.3, 0.4) is 0 Å². The molecule has 1 aromatic carbocycles. The predicted octanol–water partition coefficient (Wildman–Crippen LogP) is 0.502. The zero-order valence-electron chi connectivity index (χ0n) is 11.3. The highest BCUT2D eigenvalue weighted by Crippen LogP contribution is 2.20. The Morgan fingerprint density at radius 1 is 1.45 bits per heavy atom. The van der Waals surface area contributed by atoms with Crippen molar-refractivity contribution < 1.29 is 14.6 Å². The minimum absolute atomic E-state index is 0.00394. The average Bonchev–Trinajstić information content (AvgIpc) is 2.44. The largest absolute Gasteiger partial charge is 0.497 e. The summed E-state index contributed by atoms with van der Waals surface area (Å²) in [5, 5.41) is 9.67. The second-order valence-corrected chi connectivity index (χ2v) is 4.61. The lowest BCUT2D eigenvalue weighted by atomic mass is 10.1. The lowest BCUT2D eigenvalue weighted by Gasteiger charge is -2.11. The van der Waals surface area contributed by atoms with Crippen molar-refractivity contribution in [3.05, 3.63) is 40.2 Å². The van der Waals surface area contributed by atoms with Crippen molar-refractivity contribution in [1.29, 1.82) is 0 Å². The monoisotopic (exact) mass is 276 g/mol. The van der Waals surface area contributed by atoms with Crippen LogP contribution in [0.5, 0.6) is 5.75 Å². The topological polar surface area (TPSA) is 94.6 Å². The first-order valence-corrected chi connectivity index (χ1v) is 6.09. The average molecular weight is 276 g/mol. The van der Waals surface area contributed by atoms with Gasteiger partial charge in [0.15, 0.2) is 0 Å². The highest BCUT2D eigenvalue weighted by Gasteiger charge is 2.16. The Morgan fingerprint density at radius 3 is 2.75 bits per heavy atom. The van der Waals surface area contributed by atoms with E-state index in [1.54, 1.807) is 32.4 Å². The molecule has 0 amide bonds. The van der Waals surface area contributed by atoms with E-state index in [0.717, 1.165) is 10.9 Å². The number of methoxy groups -OCH3 is 1. The first-order chi connectivity index (χ1) is 9.43. The third-order valence-corrected chi connectivity index (χ3v) is 3.27. The van der Waals surface area contributed by atoms with Crippen LogP contribution in [0, 0.1) is 0 Å². The van der Waals surface area contributed by atoms with Gasteiger partial charge in [0, 0.05) is 25.1 Å². The maximum Gasteiger partial charge on any atom is 0.320 e. The van der Waals surface area contributed by atoms with E-state index in [2.05, 4.69) is 0 Å².